The number of carbonyl (C=O) groups is 1. The van der Waals surface area contributed by atoms with Crippen molar-refractivity contribution in [3.05, 3.63) is 71.4 Å². The minimum Gasteiger partial charge on any atom is -0.446 e. The average Bonchev–Trinajstić information content (AvgIpc) is 3.22. The van der Waals surface area contributed by atoms with E-state index in [1.165, 1.54) is 28.6 Å². The molecule has 4 atom stereocenters. The summed E-state index contributed by atoms with van der Waals surface area (Å²) in [6.45, 7) is 12.0. The zero-order valence-corrected chi connectivity index (χ0v) is 21.9. The summed E-state index contributed by atoms with van der Waals surface area (Å²) >= 11 is 0. The van der Waals surface area contributed by atoms with E-state index >= 15 is 0 Å². The van der Waals surface area contributed by atoms with Crippen LogP contribution in [-0.2, 0) is 16.6 Å². The van der Waals surface area contributed by atoms with E-state index in [2.05, 4.69) is 94.2 Å². The smallest absolute Gasteiger partial charge is 0.410 e. The van der Waals surface area contributed by atoms with Crippen LogP contribution >= 0.6 is 0 Å². The van der Waals surface area contributed by atoms with E-state index < -0.39 is 0 Å². The molecule has 186 valence electrons. The van der Waals surface area contributed by atoms with Crippen molar-refractivity contribution in [3.63, 3.8) is 0 Å². The van der Waals surface area contributed by atoms with Crippen LogP contribution in [0.2, 0.25) is 0 Å². The van der Waals surface area contributed by atoms with Crippen LogP contribution in [0.4, 0.5) is 4.79 Å². The Kier molecular flexibility index (Phi) is 6.41. The van der Waals surface area contributed by atoms with Gasteiger partial charge in [-0.25, -0.2) is 4.79 Å². The third-order valence-corrected chi connectivity index (χ3v) is 8.70. The molecule has 0 radical (unpaired) electrons. The second-order valence-electron chi connectivity index (χ2n) is 11.7. The van der Waals surface area contributed by atoms with Crippen LogP contribution in [0.3, 0.4) is 0 Å². The predicted octanol–water partition coefficient (Wildman–Crippen LogP) is 7.64. The molecule has 4 heteroatoms. The van der Waals surface area contributed by atoms with Gasteiger partial charge in [0.05, 0.1) is 6.04 Å². The summed E-state index contributed by atoms with van der Waals surface area (Å²) in [6.07, 6.45) is 3.84. The highest BCUT2D eigenvalue weighted by atomic mass is 16.6. The van der Waals surface area contributed by atoms with E-state index in [1.807, 2.05) is 4.90 Å². The number of nitrogens with zero attached hydrogens (tertiary/aromatic N) is 1. The summed E-state index contributed by atoms with van der Waals surface area (Å²) in [7, 11) is 0. The molecule has 2 aliphatic rings. The number of rotatable bonds is 4. The SMILES string of the molecule is CC1CCC(C(C)(C)c2ccccc2)C(OC(=O)N2CCc3c([nH]c4ccccc34)[C@H]2C(C)C)C1. The quantitative estimate of drug-likeness (QED) is 0.424. The lowest BCUT2D eigenvalue weighted by atomic mass is 9.64. The van der Waals surface area contributed by atoms with Crippen LogP contribution in [0.25, 0.3) is 10.9 Å². The molecule has 1 saturated carbocycles. The maximum Gasteiger partial charge on any atom is 0.410 e. The first-order valence-corrected chi connectivity index (χ1v) is 13.4. The Hall–Kier alpha value is -2.75. The van der Waals surface area contributed by atoms with Crippen molar-refractivity contribution in [1.82, 2.24) is 9.88 Å². The van der Waals surface area contributed by atoms with Crippen molar-refractivity contribution in [3.8, 4) is 0 Å². The van der Waals surface area contributed by atoms with Gasteiger partial charge in [-0.2, -0.15) is 0 Å². The molecule has 3 aromatic rings. The number of aromatic nitrogens is 1. The van der Waals surface area contributed by atoms with E-state index in [0.717, 1.165) is 24.8 Å². The van der Waals surface area contributed by atoms with Gasteiger partial charge in [-0.1, -0.05) is 89.6 Å². The summed E-state index contributed by atoms with van der Waals surface area (Å²) in [6, 6.07) is 19.2. The summed E-state index contributed by atoms with van der Waals surface area (Å²) < 4.78 is 6.46. The number of H-pyrrole nitrogens is 1. The molecule has 0 saturated heterocycles. The van der Waals surface area contributed by atoms with Crippen molar-refractivity contribution >= 4 is 17.0 Å². The number of ether oxygens (including phenoxy) is 1. The fourth-order valence-corrected chi connectivity index (χ4v) is 6.73. The van der Waals surface area contributed by atoms with Crippen LogP contribution < -0.4 is 0 Å². The van der Waals surface area contributed by atoms with E-state index in [9.17, 15) is 4.79 Å². The van der Waals surface area contributed by atoms with Crippen LogP contribution in [0.15, 0.2) is 54.6 Å². The monoisotopic (exact) mass is 472 g/mol. The molecule has 1 fully saturated rings. The largest absolute Gasteiger partial charge is 0.446 e. The molecule has 2 heterocycles. The summed E-state index contributed by atoms with van der Waals surface area (Å²) in [4.78, 5) is 19.5. The third-order valence-electron chi connectivity index (χ3n) is 8.70. The number of nitrogens with one attached hydrogen (secondary N) is 1. The standard InChI is InChI=1S/C31H40N2O2/c1-20(2)29-28-24(23-13-9-10-14-26(23)32-28)17-18-33(29)30(34)35-27-19-21(3)15-16-25(27)31(4,5)22-11-7-6-8-12-22/h6-14,20-21,25,27,29,32H,15-19H2,1-5H3/t21?,25?,27?,29-/m1/s1. The van der Waals surface area contributed by atoms with E-state index in [-0.39, 0.29) is 29.6 Å². The van der Waals surface area contributed by atoms with Crippen LogP contribution in [0.5, 0.6) is 0 Å². The molecule has 1 aliphatic carbocycles. The first-order chi connectivity index (χ1) is 16.8. The minimum atomic E-state index is -0.152. The molecule has 35 heavy (non-hydrogen) atoms. The molecule has 0 spiro atoms. The zero-order chi connectivity index (χ0) is 24.7. The van der Waals surface area contributed by atoms with Gasteiger partial charge in [-0.3, -0.25) is 4.90 Å². The molecule has 1 aliphatic heterocycles. The van der Waals surface area contributed by atoms with Crippen molar-refractivity contribution in [2.24, 2.45) is 17.8 Å². The van der Waals surface area contributed by atoms with Gasteiger partial charge in [0.25, 0.3) is 0 Å². The second-order valence-corrected chi connectivity index (χ2v) is 11.7. The minimum absolute atomic E-state index is 0.000229. The predicted molar refractivity (Wildman–Crippen MR) is 143 cm³/mol. The summed E-state index contributed by atoms with van der Waals surface area (Å²) in [5.41, 5.74) is 4.96. The Morgan fingerprint density at radius 2 is 1.77 bits per heavy atom. The lowest BCUT2D eigenvalue weighted by Crippen LogP contribution is -2.48. The number of hydrogen-bond acceptors (Lipinski definition) is 2. The normalized spacial score (nSPS) is 25.0. The first-order valence-electron chi connectivity index (χ1n) is 13.4. The maximum absolute atomic E-state index is 13.8. The van der Waals surface area contributed by atoms with Gasteiger partial charge in [0.2, 0.25) is 0 Å². The Morgan fingerprint density at radius 1 is 1.06 bits per heavy atom. The highest BCUT2D eigenvalue weighted by molar-refractivity contribution is 5.85. The number of para-hydroxylation sites is 1. The highest BCUT2D eigenvalue weighted by Crippen LogP contribution is 2.45. The lowest BCUT2D eigenvalue weighted by molar-refractivity contribution is -0.0268. The van der Waals surface area contributed by atoms with Gasteiger partial charge >= 0.3 is 6.09 Å². The van der Waals surface area contributed by atoms with Gasteiger partial charge < -0.3 is 9.72 Å². The van der Waals surface area contributed by atoms with Gasteiger partial charge in [0, 0.05) is 29.1 Å². The zero-order valence-electron chi connectivity index (χ0n) is 21.9. The summed E-state index contributed by atoms with van der Waals surface area (Å²) in [5.74, 6) is 1.16. The van der Waals surface area contributed by atoms with Crippen LogP contribution in [-0.4, -0.2) is 28.6 Å². The number of hydrogen-bond donors (Lipinski definition) is 1. The molecular formula is C31H40N2O2. The molecule has 0 bridgehead atoms. The number of fused-ring (bicyclic) bond motifs is 3. The summed E-state index contributed by atoms with van der Waals surface area (Å²) in [5, 5.41) is 1.28. The molecule has 1 amide bonds. The van der Waals surface area contributed by atoms with Gasteiger partial charge in [0.15, 0.2) is 0 Å². The van der Waals surface area contributed by atoms with Crippen LogP contribution in [0.1, 0.15) is 76.7 Å². The average molecular weight is 473 g/mol. The molecule has 5 rings (SSSR count). The van der Waals surface area contributed by atoms with E-state index in [1.54, 1.807) is 0 Å². The highest BCUT2D eigenvalue weighted by Gasteiger charge is 2.44. The second kappa shape index (κ2) is 9.37. The number of benzene rings is 2. The van der Waals surface area contributed by atoms with Crippen LogP contribution in [0, 0.1) is 17.8 Å². The fraction of sp³-hybridized carbons (Fsp3) is 0.516. The van der Waals surface area contributed by atoms with E-state index in [4.69, 9.17) is 4.74 Å². The Morgan fingerprint density at radius 3 is 2.51 bits per heavy atom. The van der Waals surface area contributed by atoms with Crippen molar-refractivity contribution in [1.29, 1.82) is 0 Å². The van der Waals surface area contributed by atoms with Crippen molar-refractivity contribution < 1.29 is 9.53 Å². The van der Waals surface area contributed by atoms with Crippen molar-refractivity contribution in [2.75, 3.05) is 6.54 Å². The maximum atomic E-state index is 13.8. The first kappa shape index (κ1) is 24.0. The van der Waals surface area contributed by atoms with E-state index in [0.29, 0.717) is 18.4 Å². The topological polar surface area (TPSA) is 45.3 Å². The van der Waals surface area contributed by atoms with Gasteiger partial charge in [-0.05, 0) is 53.7 Å². The Bertz CT molecular complexity index is 1180. The Labute approximate surface area is 210 Å². The Balaban J connectivity index is 1.42. The third kappa shape index (κ3) is 4.37. The molecule has 3 unspecified atom stereocenters. The molecule has 1 aromatic heterocycles. The number of carbonyl (C=O) groups excluding carboxylic acids is 1. The number of aromatic amines is 1. The lowest BCUT2D eigenvalue weighted by Gasteiger charge is -2.45. The number of amides is 1. The van der Waals surface area contributed by atoms with Gasteiger partial charge in [-0.15, -0.1) is 0 Å². The molecular weight excluding hydrogens is 432 g/mol. The molecule has 1 N–H and O–H groups in total. The molecule has 4 nitrogen and oxygen atoms in total. The van der Waals surface area contributed by atoms with Crippen molar-refractivity contribution in [2.45, 2.75) is 77.9 Å². The van der Waals surface area contributed by atoms with Gasteiger partial charge in [0.1, 0.15) is 6.10 Å². The fourth-order valence-electron chi connectivity index (χ4n) is 6.73. The molecule has 2 aromatic carbocycles.